The number of carbonyl (C=O) groups is 1. The first-order valence-electron chi connectivity index (χ1n) is 13.1. The molecule has 4 N–H and O–H groups in total. The Morgan fingerprint density at radius 2 is 1.56 bits per heavy atom. The summed E-state index contributed by atoms with van der Waals surface area (Å²) in [7, 11) is -3.51. The van der Waals surface area contributed by atoms with Crippen LogP contribution in [0, 0.1) is 11.8 Å². The molecule has 0 bridgehead atoms. The maximum atomic E-state index is 12.6. The monoisotopic (exact) mass is 659 g/mol. The van der Waals surface area contributed by atoms with Gasteiger partial charge in [0, 0.05) is 29.0 Å². The molecular formula is C27H33BrF3N5O4S. The van der Waals surface area contributed by atoms with Gasteiger partial charge in [0.05, 0.1) is 10.4 Å². The molecule has 0 atom stereocenters. The lowest BCUT2D eigenvalue weighted by molar-refractivity contribution is -0.192. The molecule has 1 fully saturated rings. The van der Waals surface area contributed by atoms with E-state index in [1.54, 1.807) is 18.2 Å². The van der Waals surface area contributed by atoms with Crippen molar-refractivity contribution in [3.05, 3.63) is 53.0 Å². The molecule has 3 aromatic rings. The number of rotatable bonds is 9. The number of hydrogen-bond donors (Lipinski definition) is 4. The van der Waals surface area contributed by atoms with Gasteiger partial charge in [-0.1, -0.05) is 24.3 Å². The van der Waals surface area contributed by atoms with Gasteiger partial charge in [-0.15, -0.1) is 0 Å². The van der Waals surface area contributed by atoms with Crippen LogP contribution in [0.4, 0.5) is 24.9 Å². The van der Waals surface area contributed by atoms with Gasteiger partial charge < -0.3 is 15.7 Å². The predicted molar refractivity (Wildman–Crippen MR) is 155 cm³/mol. The third-order valence-electron chi connectivity index (χ3n) is 6.47. The molecule has 1 saturated carbocycles. The highest BCUT2D eigenvalue weighted by atomic mass is 79.9. The number of aliphatic carboxylic acids is 1. The summed E-state index contributed by atoms with van der Waals surface area (Å²) in [6, 6.07) is 15.2. The molecule has 1 heterocycles. The van der Waals surface area contributed by atoms with Crippen molar-refractivity contribution in [3.63, 3.8) is 0 Å². The van der Waals surface area contributed by atoms with E-state index in [0.29, 0.717) is 28.8 Å². The molecule has 2 aromatic carbocycles. The minimum absolute atomic E-state index is 0.280. The summed E-state index contributed by atoms with van der Waals surface area (Å²) in [6.07, 6.45) is -0.967. The second kappa shape index (κ2) is 14.3. The van der Waals surface area contributed by atoms with Crippen molar-refractivity contribution < 1.29 is 31.5 Å². The van der Waals surface area contributed by atoms with Crippen molar-refractivity contribution in [3.8, 4) is 0 Å². The molecule has 224 valence electrons. The standard InChI is InChI=1S/C25H32BrN5O2S.C2HF3O2/c1-17(2)29-24-20-7-3-5-9-22(20)30-25(31-24)27-15-18-11-13-19(14-12-18)16-28-34(32,33)23-10-6-4-8-21(23)26;3-2(4,5)1(6)7/h3-10,17-19,28H,11-16H2,1-2H3,(H2,27,29,30,31);(H,6,7). The number of fused-ring (bicyclic) bond motifs is 1. The quantitative estimate of drug-likeness (QED) is 0.218. The van der Waals surface area contributed by atoms with Crippen LogP contribution in [-0.2, 0) is 14.8 Å². The number of carboxylic acid groups (broad SMARTS) is 1. The number of benzene rings is 2. The van der Waals surface area contributed by atoms with Crippen LogP contribution >= 0.6 is 15.9 Å². The van der Waals surface area contributed by atoms with Crippen molar-refractivity contribution in [2.75, 3.05) is 23.7 Å². The number of hydrogen-bond acceptors (Lipinski definition) is 7. The summed E-state index contributed by atoms with van der Waals surface area (Å²) in [6.45, 7) is 5.49. The van der Waals surface area contributed by atoms with Crippen molar-refractivity contribution >= 4 is 54.6 Å². The van der Waals surface area contributed by atoms with Crippen molar-refractivity contribution in [2.45, 2.75) is 56.6 Å². The summed E-state index contributed by atoms with van der Waals surface area (Å²) < 4.78 is 60.4. The third-order valence-corrected chi connectivity index (χ3v) is 8.91. The second-order valence-electron chi connectivity index (χ2n) is 10.1. The van der Waals surface area contributed by atoms with Crippen LogP contribution in [0.2, 0.25) is 0 Å². The third kappa shape index (κ3) is 9.82. The topological polar surface area (TPSA) is 133 Å². The highest BCUT2D eigenvalue weighted by Crippen LogP contribution is 2.30. The summed E-state index contributed by atoms with van der Waals surface area (Å²) in [5.41, 5.74) is 0.921. The molecule has 0 aliphatic heterocycles. The van der Waals surface area contributed by atoms with Crippen molar-refractivity contribution in [1.82, 2.24) is 14.7 Å². The van der Waals surface area contributed by atoms with Crippen LogP contribution in [0.5, 0.6) is 0 Å². The maximum absolute atomic E-state index is 12.6. The zero-order valence-electron chi connectivity index (χ0n) is 22.6. The van der Waals surface area contributed by atoms with Crippen LogP contribution in [-0.4, -0.2) is 54.8 Å². The summed E-state index contributed by atoms with van der Waals surface area (Å²) in [5.74, 6) is -0.387. The first-order chi connectivity index (χ1) is 19.3. The Kier molecular flexibility index (Phi) is 11.3. The Morgan fingerprint density at radius 1 is 1.00 bits per heavy atom. The normalized spacial score (nSPS) is 17.5. The highest BCUT2D eigenvalue weighted by Gasteiger charge is 2.38. The first-order valence-corrected chi connectivity index (χ1v) is 15.4. The Balaban J connectivity index is 0.000000587. The lowest BCUT2D eigenvalue weighted by Gasteiger charge is -2.28. The lowest BCUT2D eigenvalue weighted by atomic mass is 9.82. The molecule has 41 heavy (non-hydrogen) atoms. The van der Waals surface area contributed by atoms with E-state index in [1.807, 2.05) is 30.3 Å². The van der Waals surface area contributed by atoms with Crippen LogP contribution in [0.1, 0.15) is 39.5 Å². The van der Waals surface area contributed by atoms with Gasteiger partial charge >= 0.3 is 12.1 Å². The van der Waals surface area contributed by atoms with Crippen molar-refractivity contribution in [2.24, 2.45) is 11.8 Å². The molecule has 14 heteroatoms. The molecule has 1 aliphatic rings. The number of nitrogens with one attached hydrogen (secondary N) is 3. The van der Waals surface area contributed by atoms with Gasteiger partial charge in [-0.3, -0.25) is 0 Å². The van der Waals surface area contributed by atoms with Gasteiger partial charge in [-0.05, 0) is 91.6 Å². The fourth-order valence-electron chi connectivity index (χ4n) is 4.38. The zero-order valence-corrected chi connectivity index (χ0v) is 25.0. The number of anilines is 2. The molecular weight excluding hydrogens is 627 g/mol. The number of alkyl halides is 3. The van der Waals surface area contributed by atoms with E-state index in [-0.39, 0.29) is 10.9 Å². The van der Waals surface area contributed by atoms with E-state index in [1.165, 1.54) is 0 Å². The Hall–Kier alpha value is -2.97. The van der Waals surface area contributed by atoms with E-state index in [9.17, 15) is 21.6 Å². The average Bonchev–Trinajstić information content (AvgIpc) is 2.91. The molecule has 0 radical (unpaired) electrons. The van der Waals surface area contributed by atoms with E-state index in [0.717, 1.165) is 48.9 Å². The van der Waals surface area contributed by atoms with Crippen LogP contribution in [0.15, 0.2) is 57.9 Å². The van der Waals surface area contributed by atoms with Gasteiger partial charge in [0.1, 0.15) is 5.82 Å². The molecule has 0 unspecified atom stereocenters. The molecule has 4 rings (SSSR count). The molecule has 0 saturated heterocycles. The number of halogens is 4. The van der Waals surface area contributed by atoms with Gasteiger partial charge in [0.2, 0.25) is 16.0 Å². The van der Waals surface area contributed by atoms with Crippen LogP contribution in [0.3, 0.4) is 0 Å². The molecule has 1 aliphatic carbocycles. The van der Waals surface area contributed by atoms with E-state index >= 15 is 0 Å². The Labute approximate surface area is 245 Å². The number of nitrogens with zero attached hydrogens (tertiary/aromatic N) is 2. The fourth-order valence-corrected chi connectivity index (χ4v) is 6.50. The molecule has 1 aromatic heterocycles. The number of sulfonamides is 1. The van der Waals surface area contributed by atoms with E-state index in [4.69, 9.17) is 19.9 Å². The smallest absolute Gasteiger partial charge is 0.475 e. The first kappa shape index (κ1) is 32.5. The summed E-state index contributed by atoms with van der Waals surface area (Å²) in [5, 5.41) is 15.0. The van der Waals surface area contributed by atoms with Gasteiger partial charge in [0.25, 0.3) is 0 Å². The molecule has 0 amide bonds. The Bertz CT molecular complexity index is 1430. The Morgan fingerprint density at radius 3 is 2.15 bits per heavy atom. The summed E-state index contributed by atoms with van der Waals surface area (Å²) >= 11 is 3.33. The van der Waals surface area contributed by atoms with Crippen LogP contribution in [0.25, 0.3) is 10.9 Å². The maximum Gasteiger partial charge on any atom is 0.490 e. The van der Waals surface area contributed by atoms with Crippen molar-refractivity contribution in [1.29, 1.82) is 0 Å². The largest absolute Gasteiger partial charge is 0.490 e. The van der Waals surface area contributed by atoms with Gasteiger partial charge in [0.15, 0.2) is 0 Å². The van der Waals surface area contributed by atoms with E-state index in [2.05, 4.69) is 45.1 Å². The highest BCUT2D eigenvalue weighted by molar-refractivity contribution is 9.10. The van der Waals surface area contributed by atoms with Crippen LogP contribution < -0.4 is 15.4 Å². The minimum Gasteiger partial charge on any atom is -0.475 e. The number of aromatic nitrogens is 2. The zero-order chi connectivity index (χ0) is 30.2. The molecule has 0 spiro atoms. The summed E-state index contributed by atoms with van der Waals surface area (Å²) in [4.78, 5) is 18.6. The second-order valence-corrected chi connectivity index (χ2v) is 12.7. The van der Waals surface area contributed by atoms with Gasteiger partial charge in [-0.2, -0.15) is 18.2 Å². The number of carboxylic acids is 1. The predicted octanol–water partition coefficient (Wildman–Crippen LogP) is 6.04. The SMILES string of the molecule is CC(C)Nc1nc(NCC2CCC(CNS(=O)(=O)c3ccccc3Br)CC2)nc2ccccc12.O=C(O)C(F)(F)F. The van der Waals surface area contributed by atoms with E-state index < -0.39 is 22.2 Å². The van der Waals surface area contributed by atoms with Gasteiger partial charge in [-0.25, -0.2) is 22.9 Å². The number of para-hydroxylation sites is 1. The molecule has 9 nitrogen and oxygen atoms in total. The fraction of sp³-hybridized carbons (Fsp3) is 0.444. The minimum atomic E-state index is -5.08. The average molecular weight is 661 g/mol. The lowest BCUT2D eigenvalue weighted by Crippen LogP contribution is -2.32.